The number of hydrogen-bond donors (Lipinski definition) is 1. The summed E-state index contributed by atoms with van der Waals surface area (Å²) in [4.78, 5) is 29.7. The summed E-state index contributed by atoms with van der Waals surface area (Å²) in [6.45, 7) is 2.84. The molecule has 6 nitrogen and oxygen atoms in total. The van der Waals surface area contributed by atoms with Crippen molar-refractivity contribution in [3.8, 4) is 0 Å². The molecule has 1 atom stereocenters. The van der Waals surface area contributed by atoms with E-state index in [0.29, 0.717) is 0 Å². The highest BCUT2D eigenvalue weighted by molar-refractivity contribution is 7.99. The van der Waals surface area contributed by atoms with Crippen LogP contribution in [0.5, 0.6) is 0 Å². The van der Waals surface area contributed by atoms with E-state index in [1.54, 1.807) is 0 Å². The highest BCUT2D eigenvalue weighted by Gasteiger charge is 2.20. The minimum absolute atomic E-state index is 0.112. The van der Waals surface area contributed by atoms with Crippen LogP contribution in [-0.4, -0.2) is 34.3 Å². The van der Waals surface area contributed by atoms with Crippen LogP contribution in [0, 0.1) is 0 Å². The summed E-state index contributed by atoms with van der Waals surface area (Å²) >= 11 is 2.90. The van der Waals surface area contributed by atoms with Crippen molar-refractivity contribution >= 4 is 46.0 Å². The van der Waals surface area contributed by atoms with E-state index in [4.69, 9.17) is 4.74 Å². The number of nitrogens with one attached hydrogen (secondary N) is 1. The Morgan fingerprint density at radius 2 is 2.11 bits per heavy atom. The van der Waals surface area contributed by atoms with Crippen molar-refractivity contribution in [2.45, 2.75) is 31.1 Å². The second-order valence-corrected chi connectivity index (χ2v) is 7.75. The number of rotatable bonds is 8. The molecule has 142 valence electrons. The van der Waals surface area contributed by atoms with Gasteiger partial charge in [0.25, 0.3) is 0 Å². The van der Waals surface area contributed by atoms with Crippen LogP contribution < -0.4 is 5.32 Å². The molecule has 1 N–H and O–H groups in total. The third-order valence-corrected chi connectivity index (χ3v) is 6.05. The predicted molar refractivity (Wildman–Crippen MR) is 108 cm³/mol. The molecule has 0 aliphatic carbocycles. The van der Waals surface area contributed by atoms with Gasteiger partial charge in [0, 0.05) is 11.4 Å². The first kappa shape index (κ1) is 19.4. The van der Waals surface area contributed by atoms with E-state index in [0.717, 1.165) is 27.6 Å². The van der Waals surface area contributed by atoms with E-state index in [1.807, 2.05) is 41.8 Å². The molecule has 0 spiro atoms. The van der Waals surface area contributed by atoms with Crippen molar-refractivity contribution in [1.29, 1.82) is 0 Å². The largest absolute Gasteiger partial charge is 0.469 e. The Morgan fingerprint density at radius 1 is 1.30 bits per heavy atom. The number of methoxy groups -OCH3 is 1. The van der Waals surface area contributed by atoms with Crippen molar-refractivity contribution in [1.82, 2.24) is 14.9 Å². The van der Waals surface area contributed by atoms with Crippen LogP contribution in [0.1, 0.15) is 24.3 Å². The molecule has 0 saturated heterocycles. The number of thiophene rings is 1. The lowest BCUT2D eigenvalue weighted by Gasteiger charge is -2.16. The molecular formula is C19H21N3O3S2. The predicted octanol–water partition coefficient (Wildman–Crippen LogP) is 3.63. The van der Waals surface area contributed by atoms with Gasteiger partial charge in [-0.15, -0.1) is 11.3 Å². The maximum atomic E-state index is 12.5. The second-order valence-electron chi connectivity index (χ2n) is 5.83. The molecule has 0 aliphatic rings. The standard InChI is InChI=1S/C19H21N3O3S2/c1-3-22-15-8-5-4-7-13(15)21-19(22)27-12-17(23)20-14(11-18(24)25-2)16-9-6-10-26-16/h4-10,14H,3,11-12H2,1-2H3,(H,20,23). The number of imidazole rings is 1. The van der Waals surface area contributed by atoms with Gasteiger partial charge >= 0.3 is 5.97 Å². The van der Waals surface area contributed by atoms with Gasteiger partial charge in [-0.3, -0.25) is 9.59 Å². The number of thioether (sulfide) groups is 1. The summed E-state index contributed by atoms with van der Waals surface area (Å²) in [7, 11) is 1.35. The zero-order chi connectivity index (χ0) is 19.2. The molecule has 27 heavy (non-hydrogen) atoms. The molecule has 0 saturated carbocycles. The zero-order valence-corrected chi connectivity index (χ0v) is 16.8. The first-order valence-corrected chi connectivity index (χ1v) is 10.5. The number of aryl methyl sites for hydroxylation is 1. The van der Waals surface area contributed by atoms with Gasteiger partial charge in [-0.25, -0.2) is 4.98 Å². The van der Waals surface area contributed by atoms with Gasteiger partial charge in [-0.05, 0) is 30.5 Å². The number of nitrogens with zero attached hydrogens (tertiary/aromatic N) is 2. The topological polar surface area (TPSA) is 73.2 Å². The highest BCUT2D eigenvalue weighted by atomic mass is 32.2. The molecule has 3 aromatic rings. The fraction of sp³-hybridized carbons (Fsp3) is 0.316. The van der Waals surface area contributed by atoms with Gasteiger partial charge < -0.3 is 14.6 Å². The van der Waals surface area contributed by atoms with Crippen molar-refractivity contribution in [2.75, 3.05) is 12.9 Å². The maximum absolute atomic E-state index is 12.5. The smallest absolute Gasteiger partial charge is 0.307 e. The van der Waals surface area contributed by atoms with Gasteiger partial charge in [0.15, 0.2) is 5.16 Å². The van der Waals surface area contributed by atoms with Crippen LogP contribution >= 0.6 is 23.1 Å². The van der Waals surface area contributed by atoms with Crippen molar-refractivity contribution in [2.24, 2.45) is 0 Å². The van der Waals surface area contributed by atoms with Gasteiger partial charge in [0.2, 0.25) is 5.91 Å². The van der Waals surface area contributed by atoms with Gasteiger partial charge in [0.1, 0.15) is 0 Å². The number of esters is 1. The SMILES string of the molecule is CCn1c(SCC(=O)NC(CC(=O)OC)c2cccs2)nc2ccccc21. The van der Waals surface area contributed by atoms with Crippen molar-refractivity contribution < 1.29 is 14.3 Å². The molecule has 0 bridgehead atoms. The van der Waals surface area contributed by atoms with Crippen LogP contribution in [-0.2, 0) is 20.9 Å². The molecule has 0 fully saturated rings. The third-order valence-electron chi connectivity index (χ3n) is 4.09. The number of hydrogen-bond acceptors (Lipinski definition) is 6. The van der Waals surface area contributed by atoms with Crippen molar-refractivity contribution in [3.63, 3.8) is 0 Å². The first-order valence-electron chi connectivity index (χ1n) is 8.60. The number of amides is 1. The monoisotopic (exact) mass is 403 g/mol. The summed E-state index contributed by atoms with van der Waals surface area (Å²) in [5, 5.41) is 5.67. The molecule has 1 aromatic carbocycles. The quantitative estimate of drug-likeness (QED) is 0.459. The Kier molecular flexibility index (Phi) is 6.52. The number of carbonyl (C=O) groups is 2. The van der Waals surface area contributed by atoms with E-state index < -0.39 is 0 Å². The van der Waals surface area contributed by atoms with E-state index in [-0.39, 0.29) is 30.1 Å². The summed E-state index contributed by atoms with van der Waals surface area (Å²) in [5.74, 6) is -0.266. The zero-order valence-electron chi connectivity index (χ0n) is 15.2. The molecule has 0 aliphatic heterocycles. The van der Waals surface area contributed by atoms with Crippen LogP contribution in [0.2, 0.25) is 0 Å². The molecular weight excluding hydrogens is 382 g/mol. The molecule has 2 heterocycles. The van der Waals surface area contributed by atoms with Crippen molar-refractivity contribution in [3.05, 3.63) is 46.7 Å². The van der Waals surface area contributed by atoms with Gasteiger partial charge in [-0.2, -0.15) is 0 Å². The lowest BCUT2D eigenvalue weighted by atomic mass is 10.1. The third kappa shape index (κ3) is 4.70. The van der Waals surface area contributed by atoms with Crippen LogP contribution in [0.15, 0.2) is 46.9 Å². The van der Waals surface area contributed by atoms with Gasteiger partial charge in [-0.1, -0.05) is 30.0 Å². The average Bonchev–Trinajstić information content (AvgIpc) is 3.33. The van der Waals surface area contributed by atoms with E-state index in [9.17, 15) is 9.59 Å². The minimum atomic E-state index is -0.379. The summed E-state index contributed by atoms with van der Waals surface area (Å²) in [5.41, 5.74) is 1.98. The fourth-order valence-electron chi connectivity index (χ4n) is 2.80. The number of ether oxygens (including phenoxy) is 1. The second kappa shape index (κ2) is 9.05. The summed E-state index contributed by atoms with van der Waals surface area (Å²) in [6.07, 6.45) is 0.112. The lowest BCUT2D eigenvalue weighted by molar-refractivity contribution is -0.141. The van der Waals surface area contributed by atoms with Gasteiger partial charge in [0.05, 0.1) is 36.4 Å². The number of fused-ring (bicyclic) bond motifs is 1. The van der Waals surface area contributed by atoms with Crippen LogP contribution in [0.25, 0.3) is 11.0 Å². The number of aromatic nitrogens is 2. The van der Waals surface area contributed by atoms with E-state index in [2.05, 4.69) is 21.8 Å². The fourth-order valence-corrected chi connectivity index (χ4v) is 4.47. The Morgan fingerprint density at radius 3 is 2.81 bits per heavy atom. The Labute approximate surface area is 165 Å². The average molecular weight is 404 g/mol. The van der Waals surface area contributed by atoms with E-state index >= 15 is 0 Å². The number of para-hydroxylation sites is 2. The molecule has 0 radical (unpaired) electrons. The highest BCUT2D eigenvalue weighted by Crippen LogP contribution is 2.25. The van der Waals surface area contributed by atoms with Crippen LogP contribution in [0.3, 0.4) is 0 Å². The lowest BCUT2D eigenvalue weighted by Crippen LogP contribution is -2.31. The molecule has 1 amide bonds. The van der Waals surface area contributed by atoms with Crippen LogP contribution in [0.4, 0.5) is 0 Å². The molecule has 1 unspecified atom stereocenters. The number of benzene rings is 1. The summed E-state index contributed by atoms with van der Waals surface area (Å²) in [6, 6.07) is 11.4. The Hall–Kier alpha value is -2.32. The molecule has 2 aromatic heterocycles. The Bertz CT molecular complexity index is 922. The van der Waals surface area contributed by atoms with E-state index in [1.165, 1.54) is 30.2 Å². The maximum Gasteiger partial charge on any atom is 0.307 e. The Balaban J connectivity index is 1.67. The first-order chi connectivity index (χ1) is 13.1. The molecule has 8 heteroatoms. The number of carbonyl (C=O) groups excluding carboxylic acids is 2. The molecule has 3 rings (SSSR count). The minimum Gasteiger partial charge on any atom is -0.469 e. The summed E-state index contributed by atoms with van der Waals surface area (Å²) < 4.78 is 6.85. The normalized spacial score (nSPS) is 12.1.